The predicted molar refractivity (Wildman–Crippen MR) is 91.3 cm³/mol. The van der Waals surface area contributed by atoms with E-state index in [0.717, 1.165) is 12.0 Å². The lowest BCUT2D eigenvalue weighted by atomic mass is 10.1. The highest BCUT2D eigenvalue weighted by Crippen LogP contribution is 2.18. The van der Waals surface area contributed by atoms with Crippen molar-refractivity contribution in [2.24, 2.45) is 0 Å². The van der Waals surface area contributed by atoms with Crippen LogP contribution in [0.5, 0.6) is 0 Å². The molecular weight excluding hydrogens is 328 g/mol. The number of carbonyl (C=O) groups is 2. The van der Waals surface area contributed by atoms with Gasteiger partial charge >= 0.3 is 0 Å². The number of halogens is 1. The van der Waals surface area contributed by atoms with Crippen molar-refractivity contribution in [3.8, 4) is 0 Å². The highest BCUT2D eigenvalue weighted by atomic mass is 35.5. The van der Waals surface area contributed by atoms with Crippen LogP contribution in [0, 0.1) is 6.92 Å². The minimum absolute atomic E-state index is 0.0395. The smallest absolute Gasteiger partial charge is 0.289 e. The fraction of sp³-hybridized carbons (Fsp3) is 0.333. The first-order chi connectivity index (χ1) is 11.6. The molecule has 0 radical (unpaired) electrons. The van der Waals surface area contributed by atoms with Crippen LogP contribution in [0.15, 0.2) is 41.0 Å². The van der Waals surface area contributed by atoms with Crippen LogP contribution in [-0.2, 0) is 0 Å². The topological polar surface area (TPSA) is 53.8 Å². The second kappa shape index (κ2) is 7.09. The lowest BCUT2D eigenvalue weighted by molar-refractivity contribution is 0.0700. The lowest BCUT2D eigenvalue weighted by Gasteiger charge is -2.22. The van der Waals surface area contributed by atoms with E-state index >= 15 is 0 Å². The van der Waals surface area contributed by atoms with Crippen LogP contribution < -0.4 is 0 Å². The van der Waals surface area contributed by atoms with E-state index in [4.69, 9.17) is 16.0 Å². The first-order valence-corrected chi connectivity index (χ1v) is 8.32. The lowest BCUT2D eigenvalue weighted by Crippen LogP contribution is -2.37. The van der Waals surface area contributed by atoms with Crippen molar-refractivity contribution in [3.05, 3.63) is 58.5 Å². The van der Waals surface area contributed by atoms with E-state index in [2.05, 4.69) is 0 Å². The highest BCUT2D eigenvalue weighted by Gasteiger charge is 2.25. The normalized spacial score (nSPS) is 15.2. The minimum Gasteiger partial charge on any atom is -0.459 e. The van der Waals surface area contributed by atoms with Crippen LogP contribution in [0.1, 0.15) is 32.9 Å². The summed E-state index contributed by atoms with van der Waals surface area (Å²) in [6.45, 7) is 4.11. The van der Waals surface area contributed by atoms with E-state index < -0.39 is 0 Å². The molecular formula is C18H19ClN2O3. The van der Waals surface area contributed by atoms with E-state index in [9.17, 15) is 9.59 Å². The molecule has 126 valence electrons. The summed E-state index contributed by atoms with van der Waals surface area (Å²) < 4.78 is 5.18. The average molecular weight is 347 g/mol. The summed E-state index contributed by atoms with van der Waals surface area (Å²) >= 11 is 6.02. The Morgan fingerprint density at radius 2 is 1.75 bits per heavy atom. The standard InChI is InChI=1S/C18H19ClN2O3/c1-13-5-6-14(19)12-15(13)17(22)20-7-3-8-21(10-9-20)18(23)16-4-2-11-24-16/h2,4-6,11-12H,3,7-10H2,1H3. The molecule has 1 aromatic carbocycles. The zero-order valence-corrected chi connectivity index (χ0v) is 14.3. The highest BCUT2D eigenvalue weighted by molar-refractivity contribution is 6.31. The number of benzene rings is 1. The molecule has 1 aliphatic rings. The van der Waals surface area contributed by atoms with Crippen molar-refractivity contribution in [1.29, 1.82) is 0 Å². The molecule has 1 fully saturated rings. The number of nitrogens with zero attached hydrogens (tertiary/aromatic N) is 2. The first kappa shape index (κ1) is 16.6. The third-order valence-corrected chi connectivity index (χ3v) is 4.47. The van der Waals surface area contributed by atoms with Crippen molar-refractivity contribution < 1.29 is 14.0 Å². The predicted octanol–water partition coefficient (Wildman–Crippen LogP) is 3.23. The van der Waals surface area contributed by atoms with Crippen LogP contribution in [0.3, 0.4) is 0 Å². The molecule has 0 saturated carbocycles. The maximum absolute atomic E-state index is 12.8. The summed E-state index contributed by atoms with van der Waals surface area (Å²) in [7, 11) is 0. The van der Waals surface area contributed by atoms with E-state index in [0.29, 0.717) is 42.5 Å². The molecule has 1 aliphatic heterocycles. The van der Waals surface area contributed by atoms with Crippen LogP contribution in [0.4, 0.5) is 0 Å². The summed E-state index contributed by atoms with van der Waals surface area (Å²) in [6, 6.07) is 8.68. The SMILES string of the molecule is Cc1ccc(Cl)cc1C(=O)N1CCCN(C(=O)c2ccco2)CC1. The van der Waals surface area contributed by atoms with Crippen molar-refractivity contribution in [1.82, 2.24) is 9.80 Å². The Kier molecular flexibility index (Phi) is 4.90. The van der Waals surface area contributed by atoms with Gasteiger partial charge in [0.1, 0.15) is 0 Å². The molecule has 2 aromatic rings. The van der Waals surface area contributed by atoms with Gasteiger partial charge in [0.15, 0.2) is 5.76 Å². The Morgan fingerprint density at radius 1 is 1.04 bits per heavy atom. The monoisotopic (exact) mass is 346 g/mol. The number of rotatable bonds is 2. The van der Waals surface area contributed by atoms with Gasteiger partial charge in [-0.25, -0.2) is 0 Å². The summed E-state index contributed by atoms with van der Waals surface area (Å²) in [4.78, 5) is 28.7. The summed E-state index contributed by atoms with van der Waals surface area (Å²) in [6.07, 6.45) is 2.22. The Hall–Kier alpha value is -2.27. The van der Waals surface area contributed by atoms with Crippen LogP contribution in [0.25, 0.3) is 0 Å². The summed E-state index contributed by atoms with van der Waals surface area (Å²) in [5, 5.41) is 0.549. The molecule has 2 heterocycles. The Balaban J connectivity index is 1.70. The Labute approximate surface area is 145 Å². The average Bonchev–Trinajstić information content (AvgIpc) is 3.00. The molecule has 2 amide bonds. The number of hydrogen-bond acceptors (Lipinski definition) is 3. The molecule has 0 aliphatic carbocycles. The second-order valence-electron chi connectivity index (χ2n) is 5.87. The molecule has 0 bridgehead atoms. The molecule has 0 spiro atoms. The van der Waals surface area contributed by atoms with Crippen molar-refractivity contribution >= 4 is 23.4 Å². The number of furan rings is 1. The van der Waals surface area contributed by atoms with Gasteiger partial charge in [0.2, 0.25) is 0 Å². The molecule has 0 atom stereocenters. The maximum Gasteiger partial charge on any atom is 0.289 e. The fourth-order valence-electron chi connectivity index (χ4n) is 2.87. The molecule has 1 saturated heterocycles. The molecule has 6 heteroatoms. The van der Waals surface area contributed by atoms with Gasteiger partial charge in [-0.1, -0.05) is 17.7 Å². The van der Waals surface area contributed by atoms with Gasteiger partial charge in [0, 0.05) is 36.8 Å². The first-order valence-electron chi connectivity index (χ1n) is 7.94. The van der Waals surface area contributed by atoms with Gasteiger partial charge in [-0.05, 0) is 43.2 Å². The van der Waals surface area contributed by atoms with Gasteiger partial charge in [-0.2, -0.15) is 0 Å². The van der Waals surface area contributed by atoms with E-state index in [1.165, 1.54) is 6.26 Å². The molecule has 0 unspecified atom stereocenters. The van der Waals surface area contributed by atoms with E-state index in [1.54, 1.807) is 34.1 Å². The largest absolute Gasteiger partial charge is 0.459 e. The van der Waals surface area contributed by atoms with E-state index in [1.807, 2.05) is 13.0 Å². The maximum atomic E-state index is 12.8. The van der Waals surface area contributed by atoms with Crippen molar-refractivity contribution in [2.45, 2.75) is 13.3 Å². The van der Waals surface area contributed by atoms with E-state index in [-0.39, 0.29) is 11.8 Å². The van der Waals surface area contributed by atoms with Gasteiger partial charge < -0.3 is 14.2 Å². The van der Waals surface area contributed by atoms with Gasteiger partial charge in [0.05, 0.1) is 6.26 Å². The zero-order chi connectivity index (χ0) is 17.1. The van der Waals surface area contributed by atoms with Crippen LogP contribution >= 0.6 is 11.6 Å². The fourth-order valence-corrected chi connectivity index (χ4v) is 3.05. The van der Waals surface area contributed by atoms with Crippen molar-refractivity contribution in [3.63, 3.8) is 0 Å². The number of amides is 2. The summed E-state index contributed by atoms with van der Waals surface area (Å²) in [5.74, 6) is 0.163. The molecule has 24 heavy (non-hydrogen) atoms. The Bertz CT molecular complexity index is 743. The van der Waals surface area contributed by atoms with Crippen LogP contribution in [0.2, 0.25) is 5.02 Å². The minimum atomic E-state index is -0.131. The number of hydrogen-bond donors (Lipinski definition) is 0. The molecule has 1 aromatic heterocycles. The van der Waals surface area contributed by atoms with Crippen molar-refractivity contribution in [2.75, 3.05) is 26.2 Å². The molecule has 5 nitrogen and oxygen atoms in total. The zero-order valence-electron chi connectivity index (χ0n) is 13.5. The third kappa shape index (κ3) is 3.46. The van der Waals surface area contributed by atoms with Crippen LogP contribution in [-0.4, -0.2) is 47.8 Å². The Morgan fingerprint density at radius 3 is 2.42 bits per heavy atom. The second-order valence-corrected chi connectivity index (χ2v) is 6.31. The molecule has 3 rings (SSSR count). The van der Waals surface area contributed by atoms with Gasteiger partial charge in [-0.15, -0.1) is 0 Å². The number of aryl methyl sites for hydroxylation is 1. The third-order valence-electron chi connectivity index (χ3n) is 4.23. The molecule has 0 N–H and O–H groups in total. The number of carbonyl (C=O) groups excluding carboxylic acids is 2. The van der Waals surface area contributed by atoms with Gasteiger partial charge in [-0.3, -0.25) is 9.59 Å². The van der Waals surface area contributed by atoms with Gasteiger partial charge in [0.25, 0.3) is 11.8 Å². The quantitative estimate of drug-likeness (QED) is 0.839. The summed E-state index contributed by atoms with van der Waals surface area (Å²) in [5.41, 5.74) is 1.52.